The van der Waals surface area contributed by atoms with E-state index in [-0.39, 0.29) is 29.9 Å². The van der Waals surface area contributed by atoms with Crippen molar-refractivity contribution in [2.45, 2.75) is 25.2 Å². The number of Topliss-reactive ketones (excluding diaryl/α,β-unsaturated/α-hetero) is 1. The number of hydrogen-bond acceptors (Lipinski definition) is 8. The van der Waals surface area contributed by atoms with Crippen molar-refractivity contribution in [3.63, 3.8) is 0 Å². The molecule has 0 N–H and O–H groups in total. The number of fused-ring (bicyclic) bond motifs is 4. The number of hydrogen-bond donors (Lipinski definition) is 0. The maximum atomic E-state index is 13.5. The highest BCUT2D eigenvalue weighted by molar-refractivity contribution is 6.15. The lowest BCUT2D eigenvalue weighted by molar-refractivity contribution is -0.135. The maximum absolute atomic E-state index is 13.5. The first-order valence-electron chi connectivity index (χ1n) is 14.5. The highest BCUT2D eigenvalue weighted by Crippen LogP contribution is 2.49. The van der Waals surface area contributed by atoms with Crippen LogP contribution in [0, 0.1) is 0 Å². The molecular formula is C36H30O8. The molecule has 222 valence electrons. The van der Waals surface area contributed by atoms with Crippen LogP contribution in [0.1, 0.15) is 50.5 Å². The van der Waals surface area contributed by atoms with Crippen molar-refractivity contribution >= 4 is 17.8 Å². The standard InChI is InChI=1S/C36H30O8/c1-39-30-5-3-4-24(35(30)40-2)19-31-34(38)26-11-13-29-33(36(26)44-31)27(20-32(37)43-29)22-7-9-25(10-8-22)41-16-14-21-6-12-28-23(18-21)15-17-42-28/h3-13,18-19,27H,14-17,20H2,1-2H3. The van der Waals surface area contributed by atoms with E-state index in [9.17, 15) is 9.59 Å². The Morgan fingerprint density at radius 2 is 1.75 bits per heavy atom. The van der Waals surface area contributed by atoms with Gasteiger partial charge in [-0.05, 0) is 59.2 Å². The van der Waals surface area contributed by atoms with E-state index >= 15 is 0 Å². The van der Waals surface area contributed by atoms with Gasteiger partial charge in [-0.1, -0.05) is 36.4 Å². The molecule has 44 heavy (non-hydrogen) atoms. The third-order valence-corrected chi connectivity index (χ3v) is 8.20. The highest BCUT2D eigenvalue weighted by Gasteiger charge is 2.38. The molecule has 0 amide bonds. The Bertz CT molecular complexity index is 1800. The van der Waals surface area contributed by atoms with Crippen LogP contribution in [-0.2, 0) is 17.6 Å². The molecule has 0 fully saturated rings. The molecule has 1 unspecified atom stereocenters. The SMILES string of the molecule is COc1cccc(C=C2Oc3c(ccc4c3C(c3ccc(OCCc5ccc6c(c5)CCO6)cc3)CC(=O)O4)C2=O)c1OC. The summed E-state index contributed by atoms with van der Waals surface area (Å²) in [5.74, 6) is 2.72. The van der Waals surface area contributed by atoms with Crippen molar-refractivity contribution in [2.75, 3.05) is 27.4 Å². The minimum absolute atomic E-state index is 0.117. The number of ether oxygens (including phenoxy) is 6. The predicted octanol–water partition coefficient (Wildman–Crippen LogP) is 6.32. The van der Waals surface area contributed by atoms with Gasteiger partial charge in [-0.25, -0.2) is 0 Å². The van der Waals surface area contributed by atoms with E-state index in [0.717, 1.165) is 36.5 Å². The van der Waals surface area contributed by atoms with Crippen molar-refractivity contribution in [1.82, 2.24) is 0 Å². The average molecular weight is 591 g/mol. The number of rotatable bonds is 8. The molecule has 0 aliphatic carbocycles. The van der Waals surface area contributed by atoms with E-state index < -0.39 is 0 Å². The second kappa shape index (κ2) is 11.4. The van der Waals surface area contributed by atoms with Gasteiger partial charge in [-0.2, -0.15) is 0 Å². The molecule has 3 aliphatic heterocycles. The summed E-state index contributed by atoms with van der Waals surface area (Å²) in [6, 6.07) is 22.7. The average Bonchev–Trinajstić information content (AvgIpc) is 3.64. The molecular weight excluding hydrogens is 560 g/mol. The normalized spacial score (nSPS) is 17.2. The third kappa shape index (κ3) is 5.02. The number of methoxy groups -OCH3 is 2. The van der Waals surface area contributed by atoms with Gasteiger partial charge >= 0.3 is 5.97 Å². The Labute approximate surface area is 254 Å². The van der Waals surface area contributed by atoms with Crippen molar-refractivity contribution < 1.29 is 38.0 Å². The van der Waals surface area contributed by atoms with E-state index in [0.29, 0.717) is 46.3 Å². The monoisotopic (exact) mass is 590 g/mol. The lowest BCUT2D eigenvalue weighted by Crippen LogP contribution is -2.21. The molecule has 0 saturated carbocycles. The first kappa shape index (κ1) is 27.6. The van der Waals surface area contributed by atoms with Gasteiger partial charge in [0.05, 0.1) is 39.4 Å². The summed E-state index contributed by atoms with van der Waals surface area (Å²) < 4.78 is 34.4. The summed E-state index contributed by atoms with van der Waals surface area (Å²) in [7, 11) is 3.10. The van der Waals surface area contributed by atoms with E-state index in [1.54, 1.807) is 38.5 Å². The van der Waals surface area contributed by atoms with Crippen LogP contribution >= 0.6 is 0 Å². The van der Waals surface area contributed by atoms with Crippen LogP contribution in [0.4, 0.5) is 0 Å². The lowest BCUT2D eigenvalue weighted by Gasteiger charge is -2.26. The molecule has 8 heteroatoms. The number of allylic oxidation sites excluding steroid dienone is 1. The fraction of sp³-hybridized carbons (Fsp3) is 0.222. The Kier molecular flexibility index (Phi) is 7.18. The summed E-state index contributed by atoms with van der Waals surface area (Å²) in [6.45, 7) is 1.28. The van der Waals surface area contributed by atoms with E-state index in [4.69, 9.17) is 28.4 Å². The summed E-state index contributed by atoms with van der Waals surface area (Å²) in [4.78, 5) is 26.1. The van der Waals surface area contributed by atoms with Gasteiger partial charge < -0.3 is 28.4 Å². The molecule has 0 radical (unpaired) electrons. The van der Waals surface area contributed by atoms with Crippen molar-refractivity contribution in [2.24, 2.45) is 0 Å². The molecule has 4 aromatic rings. The molecule has 3 aliphatic rings. The molecule has 8 nitrogen and oxygen atoms in total. The fourth-order valence-electron chi connectivity index (χ4n) is 6.04. The van der Waals surface area contributed by atoms with Gasteiger partial charge in [0.25, 0.3) is 0 Å². The zero-order valence-corrected chi connectivity index (χ0v) is 24.4. The summed E-state index contributed by atoms with van der Waals surface area (Å²) in [6.07, 6.45) is 3.49. The molecule has 0 saturated heterocycles. The first-order valence-corrected chi connectivity index (χ1v) is 14.5. The predicted molar refractivity (Wildman–Crippen MR) is 162 cm³/mol. The second-order valence-electron chi connectivity index (χ2n) is 10.8. The van der Waals surface area contributed by atoms with E-state index in [1.165, 1.54) is 11.1 Å². The van der Waals surface area contributed by atoms with Gasteiger partial charge in [0.1, 0.15) is 23.0 Å². The molecule has 1 atom stereocenters. The number of ketones is 1. The smallest absolute Gasteiger partial charge is 0.312 e. The molecule has 0 aromatic heterocycles. The summed E-state index contributed by atoms with van der Waals surface area (Å²) in [5, 5.41) is 0. The van der Waals surface area contributed by atoms with Crippen molar-refractivity contribution in [3.8, 4) is 34.5 Å². The van der Waals surface area contributed by atoms with E-state index in [2.05, 4.69) is 12.1 Å². The number of para-hydroxylation sites is 1. The quantitative estimate of drug-likeness (QED) is 0.134. The molecule has 4 aromatic carbocycles. The van der Waals surface area contributed by atoms with Crippen LogP contribution in [0.5, 0.6) is 34.5 Å². The minimum atomic E-state index is -0.359. The molecule has 0 spiro atoms. The van der Waals surface area contributed by atoms with Crippen LogP contribution in [0.3, 0.4) is 0 Å². The van der Waals surface area contributed by atoms with Crippen LogP contribution < -0.4 is 28.4 Å². The fourth-order valence-corrected chi connectivity index (χ4v) is 6.04. The zero-order chi connectivity index (χ0) is 30.2. The Morgan fingerprint density at radius 3 is 2.57 bits per heavy atom. The molecule has 3 heterocycles. The topological polar surface area (TPSA) is 89.5 Å². The van der Waals surface area contributed by atoms with Crippen LogP contribution in [0.25, 0.3) is 6.08 Å². The van der Waals surface area contributed by atoms with Gasteiger partial charge in [-0.15, -0.1) is 0 Å². The van der Waals surface area contributed by atoms with Gasteiger partial charge in [0.2, 0.25) is 5.78 Å². The molecule has 7 rings (SSSR count). The highest BCUT2D eigenvalue weighted by atomic mass is 16.5. The summed E-state index contributed by atoms with van der Waals surface area (Å²) >= 11 is 0. The number of esters is 1. The Morgan fingerprint density at radius 1 is 0.909 bits per heavy atom. The van der Waals surface area contributed by atoms with Crippen LogP contribution in [-0.4, -0.2) is 39.2 Å². The summed E-state index contributed by atoms with van der Waals surface area (Å²) in [5.41, 5.74) is 5.08. The Hall–Kier alpha value is -5.24. The third-order valence-electron chi connectivity index (χ3n) is 8.20. The minimum Gasteiger partial charge on any atom is -0.493 e. The van der Waals surface area contributed by atoms with Crippen molar-refractivity contribution in [1.29, 1.82) is 0 Å². The lowest BCUT2D eigenvalue weighted by atomic mass is 9.84. The zero-order valence-electron chi connectivity index (χ0n) is 24.4. The number of carbonyl (C=O) groups is 2. The Balaban J connectivity index is 1.12. The number of carbonyl (C=O) groups excluding carboxylic acids is 2. The first-order chi connectivity index (χ1) is 21.5. The van der Waals surface area contributed by atoms with Crippen LogP contribution in [0.15, 0.2) is 78.6 Å². The van der Waals surface area contributed by atoms with Crippen molar-refractivity contribution in [3.05, 3.63) is 112 Å². The van der Waals surface area contributed by atoms with Gasteiger partial charge in [0, 0.05) is 29.9 Å². The maximum Gasteiger partial charge on any atom is 0.312 e. The largest absolute Gasteiger partial charge is 0.493 e. The van der Waals surface area contributed by atoms with Crippen LogP contribution in [0.2, 0.25) is 0 Å². The molecule has 0 bridgehead atoms. The van der Waals surface area contributed by atoms with E-state index in [1.807, 2.05) is 42.5 Å². The van der Waals surface area contributed by atoms with Gasteiger partial charge in [0.15, 0.2) is 17.3 Å². The van der Waals surface area contributed by atoms with Gasteiger partial charge in [-0.3, -0.25) is 9.59 Å². The second-order valence-corrected chi connectivity index (χ2v) is 10.8. The number of benzene rings is 4.